The number of aliphatic imine (C=N–C) groups is 1. The van der Waals surface area contributed by atoms with Crippen LogP contribution < -0.4 is 0 Å². The molecule has 0 saturated heterocycles. The lowest BCUT2D eigenvalue weighted by molar-refractivity contribution is 0.572. The van der Waals surface area contributed by atoms with Gasteiger partial charge in [-0.25, -0.2) is 4.99 Å². The highest BCUT2D eigenvalue weighted by molar-refractivity contribution is 7.03. The summed E-state index contributed by atoms with van der Waals surface area (Å²) in [7, 11) is 0. The van der Waals surface area contributed by atoms with Gasteiger partial charge in [0.15, 0.2) is 5.90 Å². The largest absolute Gasteiger partial charge is 0.535 e. The Morgan fingerprint density at radius 2 is 2.07 bits per heavy atom. The summed E-state index contributed by atoms with van der Waals surface area (Å²) in [5.74, 6) is 0.394. The third kappa shape index (κ3) is 7.94. The van der Waals surface area contributed by atoms with E-state index in [-0.39, 0.29) is 23.5 Å². The van der Waals surface area contributed by atoms with E-state index in [4.69, 9.17) is 44.7 Å². The minimum atomic E-state index is -0.439. The Labute approximate surface area is 106 Å². The van der Waals surface area contributed by atoms with Crippen molar-refractivity contribution in [2.24, 2.45) is 4.99 Å². The Balaban J connectivity index is 4.08. The molecule has 0 heterocycles. The van der Waals surface area contributed by atoms with Crippen molar-refractivity contribution in [3.05, 3.63) is 0 Å². The van der Waals surface area contributed by atoms with Crippen LogP contribution >= 0.6 is 34.7 Å². The molecule has 3 nitrogen and oxygen atoms in total. The molecule has 0 aliphatic heterocycles. The lowest BCUT2D eigenvalue weighted by atomic mass is 9.90. The van der Waals surface area contributed by atoms with Gasteiger partial charge in [-0.2, -0.15) is 0 Å². The number of hydrogen-bond acceptors (Lipinski definition) is 2. The second-order valence-corrected chi connectivity index (χ2v) is 3.91. The van der Waals surface area contributed by atoms with Crippen LogP contribution in [0.2, 0.25) is 6.32 Å². The number of nitrogens with zero attached hydrogens (tertiary/aromatic N) is 1. The second-order valence-electron chi connectivity index (χ2n) is 2.89. The minimum Gasteiger partial charge on any atom is -0.535 e. The van der Waals surface area contributed by atoms with Gasteiger partial charge >= 0.3 is 6.33 Å². The van der Waals surface area contributed by atoms with Crippen LogP contribution in [-0.2, 0) is 4.65 Å². The van der Waals surface area contributed by atoms with Crippen LogP contribution in [0.1, 0.15) is 19.8 Å². The van der Waals surface area contributed by atoms with E-state index in [2.05, 4.69) is 11.9 Å². The van der Waals surface area contributed by atoms with Gasteiger partial charge in [0, 0.05) is 0 Å². The maximum absolute atomic E-state index is 7.25. The van der Waals surface area contributed by atoms with E-state index in [0.717, 1.165) is 19.2 Å². The van der Waals surface area contributed by atoms with E-state index in [1.54, 1.807) is 0 Å². The van der Waals surface area contributed by atoms with Crippen LogP contribution in [0.5, 0.6) is 0 Å². The van der Waals surface area contributed by atoms with Crippen LogP contribution in [0.15, 0.2) is 4.99 Å². The highest BCUT2D eigenvalue weighted by Crippen LogP contribution is 2.07. The zero-order valence-electron chi connectivity index (χ0n) is 8.60. The van der Waals surface area contributed by atoms with Crippen LogP contribution in [0.25, 0.3) is 0 Å². The molecule has 0 saturated carbocycles. The number of rotatable bonds is 6. The molecule has 15 heavy (non-hydrogen) atoms. The summed E-state index contributed by atoms with van der Waals surface area (Å²) in [6.07, 6.45) is 2.33. The molecule has 0 bridgehead atoms. The SMILES string of the molecule is CCCCB(Cl)OC(CCl)=NC(=N)CCl. The number of hydrogen-bond donors (Lipinski definition) is 1. The van der Waals surface area contributed by atoms with Crippen molar-refractivity contribution in [3.63, 3.8) is 0 Å². The summed E-state index contributed by atoms with van der Waals surface area (Å²) in [6.45, 7) is 2.07. The normalized spacial score (nSPS) is 11.3. The van der Waals surface area contributed by atoms with E-state index < -0.39 is 6.33 Å². The third-order valence-electron chi connectivity index (χ3n) is 1.55. The first-order chi connectivity index (χ1) is 7.13. The molecule has 0 radical (unpaired) electrons. The Bertz CT molecular complexity index is 226. The van der Waals surface area contributed by atoms with Gasteiger partial charge in [0.25, 0.3) is 0 Å². The molecular formula is C8H14BCl3N2O. The third-order valence-corrected chi connectivity index (χ3v) is 2.34. The molecule has 0 fully saturated rings. The molecule has 0 aromatic heterocycles. The average molecular weight is 271 g/mol. The van der Waals surface area contributed by atoms with Gasteiger partial charge in [0.1, 0.15) is 5.84 Å². The van der Waals surface area contributed by atoms with Crippen molar-refractivity contribution in [1.82, 2.24) is 0 Å². The first-order valence-electron chi connectivity index (χ1n) is 4.71. The van der Waals surface area contributed by atoms with Crippen molar-refractivity contribution in [1.29, 1.82) is 5.41 Å². The second kappa shape index (κ2) is 9.31. The molecule has 1 N–H and O–H groups in total. The van der Waals surface area contributed by atoms with E-state index in [1.807, 2.05) is 0 Å². The topological polar surface area (TPSA) is 45.4 Å². The standard InChI is InChI=1S/C8H14BCl3N2O/c1-2-3-4-9(12)15-8(6-11)14-7(13)5-10/h13H,2-6H2,1H3. The van der Waals surface area contributed by atoms with E-state index in [0.29, 0.717) is 0 Å². The summed E-state index contributed by atoms with van der Waals surface area (Å²) in [5, 5.41) is 7.25. The maximum Gasteiger partial charge on any atom is 0.464 e. The molecule has 0 aromatic rings. The van der Waals surface area contributed by atoms with Gasteiger partial charge in [0.05, 0.1) is 11.8 Å². The van der Waals surface area contributed by atoms with Gasteiger partial charge in [-0.3, -0.25) is 5.41 Å². The van der Waals surface area contributed by atoms with Crippen molar-refractivity contribution in [2.75, 3.05) is 11.8 Å². The van der Waals surface area contributed by atoms with E-state index >= 15 is 0 Å². The molecule has 7 heteroatoms. The Kier molecular flexibility index (Phi) is 9.36. The van der Waals surface area contributed by atoms with Gasteiger partial charge in [-0.1, -0.05) is 19.8 Å². The Morgan fingerprint density at radius 3 is 2.53 bits per heavy atom. The fourth-order valence-corrected chi connectivity index (χ4v) is 1.28. The smallest absolute Gasteiger partial charge is 0.464 e. The number of nitrogens with one attached hydrogen (secondary N) is 1. The minimum absolute atomic E-state index is 0.0201. The van der Waals surface area contributed by atoms with E-state index in [1.165, 1.54) is 0 Å². The summed E-state index contributed by atoms with van der Waals surface area (Å²) < 4.78 is 5.26. The Morgan fingerprint density at radius 1 is 1.40 bits per heavy atom. The molecule has 86 valence electrons. The lowest BCUT2D eigenvalue weighted by Gasteiger charge is -2.09. The predicted octanol–water partition coefficient (Wildman–Crippen LogP) is 3.38. The van der Waals surface area contributed by atoms with Gasteiger partial charge in [-0.05, 0) is 6.32 Å². The zero-order chi connectivity index (χ0) is 11.7. The van der Waals surface area contributed by atoms with Crippen molar-refractivity contribution < 1.29 is 4.65 Å². The predicted molar refractivity (Wildman–Crippen MR) is 69.0 cm³/mol. The van der Waals surface area contributed by atoms with Crippen molar-refractivity contribution in [2.45, 2.75) is 26.1 Å². The average Bonchev–Trinajstić information content (AvgIpc) is 2.25. The van der Waals surface area contributed by atoms with E-state index in [9.17, 15) is 0 Å². The van der Waals surface area contributed by atoms with Crippen molar-refractivity contribution >= 4 is 52.7 Å². The molecule has 0 aliphatic rings. The molecule has 0 unspecified atom stereocenters. The fraction of sp³-hybridized carbons (Fsp3) is 0.750. The molecular weight excluding hydrogens is 257 g/mol. The molecule has 0 aliphatic carbocycles. The number of halogens is 3. The molecule has 0 atom stereocenters. The van der Waals surface area contributed by atoms with Gasteiger partial charge in [-0.15, -0.1) is 34.7 Å². The summed E-state index contributed by atoms with van der Waals surface area (Å²) in [4.78, 5) is 3.79. The zero-order valence-corrected chi connectivity index (χ0v) is 10.9. The molecule has 0 spiro atoms. The first-order valence-corrected chi connectivity index (χ1v) is 6.22. The maximum atomic E-state index is 7.25. The van der Waals surface area contributed by atoms with Crippen molar-refractivity contribution in [3.8, 4) is 0 Å². The highest BCUT2D eigenvalue weighted by atomic mass is 35.5. The quantitative estimate of drug-likeness (QED) is 0.342. The van der Waals surface area contributed by atoms with Gasteiger partial charge in [0.2, 0.25) is 0 Å². The number of alkyl halides is 2. The molecule has 0 rings (SSSR count). The molecule has 0 amide bonds. The fourth-order valence-electron chi connectivity index (χ4n) is 0.839. The molecule has 0 aromatic carbocycles. The Hall–Kier alpha value is 0.0749. The number of unbranched alkanes of at least 4 members (excludes halogenated alkanes) is 1. The van der Waals surface area contributed by atoms with Crippen LogP contribution in [0.3, 0.4) is 0 Å². The van der Waals surface area contributed by atoms with Crippen LogP contribution in [0.4, 0.5) is 0 Å². The summed E-state index contributed by atoms with van der Waals surface area (Å²) in [5.41, 5.74) is 0. The van der Waals surface area contributed by atoms with Crippen LogP contribution in [-0.4, -0.2) is 29.8 Å². The number of amidine groups is 1. The summed E-state index contributed by atoms with van der Waals surface area (Å²) in [6, 6.07) is 0. The van der Waals surface area contributed by atoms with Crippen LogP contribution in [0, 0.1) is 5.41 Å². The summed E-state index contributed by atoms with van der Waals surface area (Å²) >= 11 is 16.9. The van der Waals surface area contributed by atoms with Gasteiger partial charge < -0.3 is 4.65 Å². The lowest BCUT2D eigenvalue weighted by Crippen LogP contribution is -2.19. The first kappa shape index (κ1) is 15.1. The monoisotopic (exact) mass is 270 g/mol. The highest BCUT2D eigenvalue weighted by Gasteiger charge is 2.15.